The smallest absolute Gasteiger partial charge is 0.123 e. The van der Waals surface area contributed by atoms with E-state index in [0.29, 0.717) is 13.2 Å². The van der Waals surface area contributed by atoms with E-state index in [1.807, 2.05) is 24.3 Å². The molecule has 1 aromatic rings. The van der Waals surface area contributed by atoms with E-state index in [0.717, 1.165) is 24.0 Å². The molecule has 94 valence electrons. The molecule has 1 aliphatic rings. The highest BCUT2D eigenvalue weighted by Gasteiger charge is 2.15. The largest absolute Gasteiger partial charge is 0.493 e. The van der Waals surface area contributed by atoms with E-state index < -0.39 is 0 Å². The minimum absolute atomic E-state index is 0.535. The summed E-state index contributed by atoms with van der Waals surface area (Å²) in [5.74, 6) is 2.47. The molecule has 0 bridgehead atoms. The van der Waals surface area contributed by atoms with Crippen LogP contribution in [0.15, 0.2) is 24.3 Å². The molecule has 0 radical (unpaired) electrons. The van der Waals surface area contributed by atoms with Crippen molar-refractivity contribution in [1.82, 2.24) is 0 Å². The monoisotopic (exact) mass is 235 g/mol. The van der Waals surface area contributed by atoms with Gasteiger partial charge in [0.2, 0.25) is 0 Å². The van der Waals surface area contributed by atoms with Crippen molar-refractivity contribution >= 4 is 0 Å². The van der Waals surface area contributed by atoms with Crippen LogP contribution >= 0.6 is 0 Å². The first-order valence-electron chi connectivity index (χ1n) is 6.44. The van der Waals surface area contributed by atoms with Gasteiger partial charge >= 0.3 is 0 Å². The third-order valence-corrected chi connectivity index (χ3v) is 3.15. The lowest BCUT2D eigenvalue weighted by atomic mass is 10.1. The van der Waals surface area contributed by atoms with Gasteiger partial charge in [-0.1, -0.05) is 18.9 Å². The summed E-state index contributed by atoms with van der Waals surface area (Å²) in [4.78, 5) is 0. The van der Waals surface area contributed by atoms with E-state index in [4.69, 9.17) is 15.2 Å². The molecule has 3 nitrogen and oxygen atoms in total. The van der Waals surface area contributed by atoms with Gasteiger partial charge in [-0.15, -0.1) is 0 Å². The highest BCUT2D eigenvalue weighted by Crippen LogP contribution is 2.26. The molecule has 0 heterocycles. The second-order valence-electron chi connectivity index (χ2n) is 4.57. The molecule has 0 saturated heterocycles. The van der Waals surface area contributed by atoms with Crippen LogP contribution in [-0.2, 0) is 0 Å². The van der Waals surface area contributed by atoms with Crippen molar-refractivity contribution < 1.29 is 9.47 Å². The third-order valence-electron chi connectivity index (χ3n) is 3.15. The summed E-state index contributed by atoms with van der Waals surface area (Å²) in [6.07, 6.45) is 5.33. The Kier molecular flexibility index (Phi) is 4.68. The zero-order chi connectivity index (χ0) is 11.9. The number of nitrogens with two attached hydrogens (primary N) is 1. The van der Waals surface area contributed by atoms with Crippen LogP contribution in [0.2, 0.25) is 0 Å². The quantitative estimate of drug-likeness (QED) is 0.824. The van der Waals surface area contributed by atoms with Crippen molar-refractivity contribution in [2.45, 2.75) is 25.7 Å². The molecule has 0 spiro atoms. The Morgan fingerprint density at radius 1 is 1.12 bits per heavy atom. The highest BCUT2D eigenvalue weighted by molar-refractivity contribution is 5.32. The SMILES string of the molecule is NCCOc1cccc(OCC2CCCC2)c1. The second-order valence-corrected chi connectivity index (χ2v) is 4.57. The molecule has 0 unspecified atom stereocenters. The zero-order valence-corrected chi connectivity index (χ0v) is 10.2. The van der Waals surface area contributed by atoms with Gasteiger partial charge in [0.25, 0.3) is 0 Å². The standard InChI is InChI=1S/C14H21NO2/c15-8-9-16-13-6-3-7-14(10-13)17-11-12-4-1-2-5-12/h3,6-7,10,12H,1-2,4-5,8-9,11,15H2. The lowest BCUT2D eigenvalue weighted by molar-refractivity contribution is 0.250. The second kappa shape index (κ2) is 6.50. The average Bonchev–Trinajstić information content (AvgIpc) is 2.87. The molecule has 1 saturated carbocycles. The van der Waals surface area contributed by atoms with Crippen LogP contribution in [0.5, 0.6) is 11.5 Å². The van der Waals surface area contributed by atoms with Gasteiger partial charge in [0.05, 0.1) is 6.61 Å². The van der Waals surface area contributed by atoms with Crippen LogP contribution in [-0.4, -0.2) is 19.8 Å². The molecule has 0 atom stereocenters. The molecule has 0 aromatic heterocycles. The maximum Gasteiger partial charge on any atom is 0.123 e. The lowest BCUT2D eigenvalue weighted by Crippen LogP contribution is -2.11. The van der Waals surface area contributed by atoms with Gasteiger partial charge in [-0.3, -0.25) is 0 Å². The van der Waals surface area contributed by atoms with E-state index in [1.54, 1.807) is 0 Å². The van der Waals surface area contributed by atoms with Gasteiger partial charge in [0.1, 0.15) is 18.1 Å². The topological polar surface area (TPSA) is 44.5 Å². The summed E-state index contributed by atoms with van der Waals surface area (Å²) >= 11 is 0. The normalized spacial score (nSPS) is 16.1. The number of hydrogen-bond donors (Lipinski definition) is 1. The Morgan fingerprint density at radius 3 is 2.53 bits per heavy atom. The van der Waals surface area contributed by atoms with Crippen LogP contribution in [0.25, 0.3) is 0 Å². The Morgan fingerprint density at radius 2 is 1.82 bits per heavy atom. The van der Waals surface area contributed by atoms with Gasteiger partial charge in [0.15, 0.2) is 0 Å². The molecular formula is C14H21NO2. The van der Waals surface area contributed by atoms with Gasteiger partial charge in [-0.2, -0.15) is 0 Å². The summed E-state index contributed by atoms with van der Waals surface area (Å²) in [6, 6.07) is 7.79. The molecule has 1 aliphatic carbocycles. The number of hydrogen-bond acceptors (Lipinski definition) is 3. The Balaban J connectivity index is 1.82. The molecule has 17 heavy (non-hydrogen) atoms. The summed E-state index contributed by atoms with van der Waals surface area (Å²) in [6.45, 7) is 1.92. The zero-order valence-electron chi connectivity index (χ0n) is 10.2. The Bertz CT molecular complexity index is 335. The minimum Gasteiger partial charge on any atom is -0.493 e. The Labute approximate surface area is 103 Å². The van der Waals surface area contributed by atoms with E-state index in [9.17, 15) is 0 Å². The highest BCUT2D eigenvalue weighted by atomic mass is 16.5. The molecule has 0 aliphatic heterocycles. The van der Waals surface area contributed by atoms with Crippen LogP contribution in [0.3, 0.4) is 0 Å². The molecule has 1 aromatic carbocycles. The first-order chi connectivity index (χ1) is 8.38. The third kappa shape index (κ3) is 3.93. The van der Waals surface area contributed by atoms with Crippen molar-refractivity contribution in [3.8, 4) is 11.5 Å². The fourth-order valence-corrected chi connectivity index (χ4v) is 2.22. The van der Waals surface area contributed by atoms with Gasteiger partial charge in [-0.25, -0.2) is 0 Å². The van der Waals surface area contributed by atoms with Gasteiger partial charge in [-0.05, 0) is 30.9 Å². The molecule has 2 rings (SSSR count). The summed E-state index contributed by atoms with van der Waals surface area (Å²) < 4.78 is 11.3. The number of rotatable bonds is 6. The van der Waals surface area contributed by atoms with Crippen LogP contribution < -0.4 is 15.2 Å². The lowest BCUT2D eigenvalue weighted by Gasteiger charge is -2.12. The van der Waals surface area contributed by atoms with Crippen LogP contribution in [0.1, 0.15) is 25.7 Å². The maximum atomic E-state index is 5.80. The van der Waals surface area contributed by atoms with Crippen LogP contribution in [0, 0.1) is 5.92 Å². The predicted octanol–water partition coefficient (Wildman–Crippen LogP) is 2.59. The van der Waals surface area contributed by atoms with Crippen molar-refractivity contribution in [3.63, 3.8) is 0 Å². The van der Waals surface area contributed by atoms with Crippen molar-refractivity contribution in [2.75, 3.05) is 19.8 Å². The van der Waals surface area contributed by atoms with Crippen LogP contribution in [0.4, 0.5) is 0 Å². The molecule has 1 fully saturated rings. The van der Waals surface area contributed by atoms with Gasteiger partial charge < -0.3 is 15.2 Å². The summed E-state index contributed by atoms with van der Waals surface area (Å²) in [5, 5.41) is 0. The van der Waals surface area contributed by atoms with Gasteiger partial charge in [0, 0.05) is 12.6 Å². The molecule has 0 amide bonds. The maximum absolute atomic E-state index is 5.80. The summed E-state index contributed by atoms with van der Waals surface area (Å²) in [7, 11) is 0. The Hall–Kier alpha value is -1.22. The average molecular weight is 235 g/mol. The van der Waals surface area contributed by atoms with Crippen molar-refractivity contribution in [3.05, 3.63) is 24.3 Å². The fourth-order valence-electron chi connectivity index (χ4n) is 2.22. The predicted molar refractivity (Wildman–Crippen MR) is 68.4 cm³/mol. The summed E-state index contributed by atoms with van der Waals surface area (Å²) in [5.41, 5.74) is 5.40. The van der Waals surface area contributed by atoms with Crippen molar-refractivity contribution in [2.24, 2.45) is 11.7 Å². The molecule has 2 N–H and O–H groups in total. The number of ether oxygens (including phenoxy) is 2. The van der Waals surface area contributed by atoms with E-state index in [2.05, 4.69) is 0 Å². The minimum atomic E-state index is 0.535. The number of benzene rings is 1. The molecule has 3 heteroatoms. The molecular weight excluding hydrogens is 214 g/mol. The fraction of sp³-hybridized carbons (Fsp3) is 0.571. The van der Waals surface area contributed by atoms with E-state index in [-0.39, 0.29) is 0 Å². The first-order valence-corrected chi connectivity index (χ1v) is 6.44. The van der Waals surface area contributed by atoms with Crippen molar-refractivity contribution in [1.29, 1.82) is 0 Å². The van der Waals surface area contributed by atoms with E-state index in [1.165, 1.54) is 25.7 Å². The van der Waals surface area contributed by atoms with E-state index >= 15 is 0 Å². The first kappa shape index (κ1) is 12.2.